The van der Waals surface area contributed by atoms with E-state index in [0.29, 0.717) is 12.3 Å². The van der Waals surface area contributed by atoms with Crippen LogP contribution in [-0.4, -0.2) is 47.7 Å². The Morgan fingerprint density at radius 1 is 1.71 bits per heavy atom. The van der Waals surface area contributed by atoms with E-state index in [0.717, 1.165) is 38.2 Å². The number of hydrogen-bond acceptors (Lipinski definition) is 3. The molecule has 17 heavy (non-hydrogen) atoms. The summed E-state index contributed by atoms with van der Waals surface area (Å²) in [6, 6.07) is 2.01. The van der Waals surface area contributed by atoms with Crippen LogP contribution in [0.3, 0.4) is 0 Å². The predicted molar refractivity (Wildman–Crippen MR) is 65.7 cm³/mol. The summed E-state index contributed by atoms with van der Waals surface area (Å²) in [5.74, 6) is 0.674. The molecule has 1 fully saturated rings. The van der Waals surface area contributed by atoms with E-state index in [-0.39, 0.29) is 5.91 Å². The number of amides is 1. The van der Waals surface area contributed by atoms with Gasteiger partial charge in [-0.15, -0.1) is 0 Å². The van der Waals surface area contributed by atoms with Crippen molar-refractivity contribution in [2.24, 2.45) is 0 Å². The molecule has 1 amide bonds. The average Bonchev–Trinajstić information content (AvgIpc) is 2.90. The van der Waals surface area contributed by atoms with Gasteiger partial charge in [-0.05, 0) is 26.0 Å². The lowest BCUT2D eigenvalue weighted by molar-refractivity contribution is -0.132. The predicted octanol–water partition coefficient (Wildman–Crippen LogP) is 0.725. The molecule has 5 heteroatoms. The Morgan fingerprint density at radius 3 is 3.29 bits per heavy atom. The zero-order valence-electron chi connectivity index (χ0n) is 10.3. The molecule has 0 radical (unpaired) electrons. The number of nitrogens with zero attached hydrogens (tertiary/aromatic N) is 2. The van der Waals surface area contributed by atoms with Gasteiger partial charge < -0.3 is 10.2 Å². The highest BCUT2D eigenvalue weighted by Crippen LogP contribution is 2.25. The number of rotatable bonds is 4. The van der Waals surface area contributed by atoms with Crippen LogP contribution < -0.4 is 5.32 Å². The van der Waals surface area contributed by atoms with Gasteiger partial charge in [-0.1, -0.05) is 0 Å². The first-order chi connectivity index (χ1) is 8.31. The lowest BCUT2D eigenvalue weighted by Gasteiger charge is -2.32. The largest absolute Gasteiger partial charge is 0.342 e. The smallest absolute Gasteiger partial charge is 0.223 e. The maximum atomic E-state index is 11.9. The Labute approximate surface area is 102 Å². The minimum Gasteiger partial charge on any atom is -0.342 e. The van der Waals surface area contributed by atoms with Crippen molar-refractivity contribution in [3.05, 3.63) is 18.0 Å². The van der Waals surface area contributed by atoms with Crippen LogP contribution in [0.5, 0.6) is 0 Å². The zero-order chi connectivity index (χ0) is 12.1. The Balaban J connectivity index is 1.90. The zero-order valence-corrected chi connectivity index (χ0v) is 10.3. The summed E-state index contributed by atoms with van der Waals surface area (Å²) >= 11 is 0. The first kappa shape index (κ1) is 12.1. The van der Waals surface area contributed by atoms with Crippen molar-refractivity contribution >= 4 is 5.91 Å². The maximum Gasteiger partial charge on any atom is 0.223 e. The molecule has 1 aliphatic heterocycles. The molecule has 1 aliphatic rings. The second-order valence-corrected chi connectivity index (χ2v) is 4.54. The molecule has 0 aromatic carbocycles. The number of likely N-dealkylation sites (tertiary alicyclic amines) is 1. The van der Waals surface area contributed by atoms with Crippen molar-refractivity contribution < 1.29 is 4.79 Å². The summed E-state index contributed by atoms with van der Waals surface area (Å²) < 4.78 is 0. The standard InChI is InChI=1S/C12H20N4O/c1-13-6-5-12(17)16-8-2-3-10(9-16)11-4-7-14-15-11/h4,7,10,13H,2-3,5-6,8-9H2,1H3,(H,14,15). The number of H-pyrrole nitrogens is 1. The van der Waals surface area contributed by atoms with Crippen LogP contribution in [0, 0.1) is 0 Å². The third kappa shape index (κ3) is 3.06. The molecule has 2 rings (SSSR count). The Kier molecular flexibility index (Phi) is 4.14. The van der Waals surface area contributed by atoms with Gasteiger partial charge in [0.2, 0.25) is 5.91 Å². The molecule has 2 N–H and O–H groups in total. The minimum atomic E-state index is 0.253. The summed E-state index contributed by atoms with van der Waals surface area (Å²) in [7, 11) is 1.87. The lowest BCUT2D eigenvalue weighted by Crippen LogP contribution is -2.40. The molecule has 1 aromatic rings. The van der Waals surface area contributed by atoms with Gasteiger partial charge in [0.25, 0.3) is 0 Å². The van der Waals surface area contributed by atoms with E-state index in [1.807, 2.05) is 18.0 Å². The van der Waals surface area contributed by atoms with Crippen LogP contribution >= 0.6 is 0 Å². The van der Waals surface area contributed by atoms with E-state index in [1.165, 1.54) is 0 Å². The maximum absolute atomic E-state index is 11.9. The SMILES string of the molecule is CNCCC(=O)N1CCCC(c2ccn[nH]2)C1. The average molecular weight is 236 g/mol. The lowest BCUT2D eigenvalue weighted by atomic mass is 9.95. The van der Waals surface area contributed by atoms with Crippen molar-refractivity contribution in [3.63, 3.8) is 0 Å². The van der Waals surface area contributed by atoms with Gasteiger partial charge in [-0.25, -0.2) is 0 Å². The summed E-state index contributed by atoms with van der Waals surface area (Å²) in [6.45, 7) is 2.47. The van der Waals surface area contributed by atoms with Crippen molar-refractivity contribution in [3.8, 4) is 0 Å². The van der Waals surface area contributed by atoms with Crippen molar-refractivity contribution in [2.75, 3.05) is 26.7 Å². The number of aromatic nitrogens is 2. The number of piperidine rings is 1. The molecular weight excluding hydrogens is 216 g/mol. The van der Waals surface area contributed by atoms with Crippen LogP contribution in [0.4, 0.5) is 0 Å². The van der Waals surface area contributed by atoms with Crippen LogP contribution in [0.2, 0.25) is 0 Å². The second kappa shape index (κ2) is 5.82. The normalized spacial score (nSPS) is 20.5. The summed E-state index contributed by atoms with van der Waals surface area (Å²) in [4.78, 5) is 13.9. The molecule has 94 valence electrons. The third-order valence-electron chi connectivity index (χ3n) is 3.33. The molecule has 0 aliphatic carbocycles. The molecule has 1 atom stereocenters. The van der Waals surface area contributed by atoms with Crippen LogP contribution in [-0.2, 0) is 4.79 Å². The molecular formula is C12H20N4O. The monoisotopic (exact) mass is 236 g/mol. The molecule has 1 unspecified atom stereocenters. The van der Waals surface area contributed by atoms with Crippen LogP contribution in [0.1, 0.15) is 30.9 Å². The summed E-state index contributed by atoms with van der Waals surface area (Å²) in [6.07, 6.45) is 4.58. The highest BCUT2D eigenvalue weighted by Gasteiger charge is 2.24. The van der Waals surface area contributed by atoms with Gasteiger partial charge in [0, 0.05) is 43.9 Å². The molecule has 0 bridgehead atoms. The number of carbonyl (C=O) groups is 1. The Hall–Kier alpha value is -1.36. The van der Waals surface area contributed by atoms with E-state index < -0.39 is 0 Å². The minimum absolute atomic E-state index is 0.253. The number of nitrogens with one attached hydrogen (secondary N) is 2. The van der Waals surface area contributed by atoms with E-state index in [9.17, 15) is 4.79 Å². The quantitative estimate of drug-likeness (QED) is 0.810. The molecule has 0 spiro atoms. The Bertz CT molecular complexity index is 349. The fourth-order valence-corrected chi connectivity index (χ4v) is 2.34. The molecule has 1 aromatic heterocycles. The van der Waals surface area contributed by atoms with Gasteiger partial charge >= 0.3 is 0 Å². The van der Waals surface area contributed by atoms with Crippen molar-refractivity contribution in [1.29, 1.82) is 0 Å². The van der Waals surface area contributed by atoms with Gasteiger partial charge in [-0.2, -0.15) is 5.10 Å². The van der Waals surface area contributed by atoms with Gasteiger partial charge in [0.15, 0.2) is 0 Å². The first-order valence-electron chi connectivity index (χ1n) is 6.23. The van der Waals surface area contributed by atoms with Crippen molar-refractivity contribution in [2.45, 2.75) is 25.2 Å². The summed E-state index contributed by atoms with van der Waals surface area (Å²) in [5.41, 5.74) is 1.15. The fourth-order valence-electron chi connectivity index (χ4n) is 2.34. The third-order valence-corrected chi connectivity index (χ3v) is 3.33. The van der Waals surface area contributed by atoms with Gasteiger partial charge in [0.1, 0.15) is 0 Å². The van der Waals surface area contributed by atoms with Crippen LogP contribution in [0.15, 0.2) is 12.3 Å². The van der Waals surface area contributed by atoms with Gasteiger partial charge in [0.05, 0.1) is 0 Å². The summed E-state index contributed by atoms with van der Waals surface area (Å²) in [5, 5.41) is 10.0. The Morgan fingerprint density at radius 2 is 2.59 bits per heavy atom. The van der Waals surface area contributed by atoms with E-state index >= 15 is 0 Å². The van der Waals surface area contributed by atoms with Gasteiger partial charge in [-0.3, -0.25) is 9.89 Å². The van der Waals surface area contributed by atoms with E-state index in [1.54, 1.807) is 6.20 Å². The number of hydrogen-bond donors (Lipinski definition) is 2. The van der Waals surface area contributed by atoms with E-state index in [4.69, 9.17) is 0 Å². The molecule has 5 nitrogen and oxygen atoms in total. The highest BCUT2D eigenvalue weighted by molar-refractivity contribution is 5.76. The van der Waals surface area contributed by atoms with Crippen molar-refractivity contribution in [1.82, 2.24) is 20.4 Å². The van der Waals surface area contributed by atoms with E-state index in [2.05, 4.69) is 15.5 Å². The molecule has 0 saturated carbocycles. The van der Waals surface area contributed by atoms with Crippen LogP contribution in [0.25, 0.3) is 0 Å². The second-order valence-electron chi connectivity index (χ2n) is 4.54. The number of aromatic amines is 1. The highest BCUT2D eigenvalue weighted by atomic mass is 16.2. The first-order valence-corrected chi connectivity index (χ1v) is 6.23. The molecule has 1 saturated heterocycles. The fraction of sp³-hybridized carbons (Fsp3) is 0.667. The molecule has 2 heterocycles. The number of carbonyl (C=O) groups excluding carboxylic acids is 1. The topological polar surface area (TPSA) is 61.0 Å².